The third-order valence-corrected chi connectivity index (χ3v) is 8.58. The largest absolute Gasteiger partial charge is 0.458 e. The molecule has 2 aliphatic heterocycles. The summed E-state index contributed by atoms with van der Waals surface area (Å²) in [6.07, 6.45) is 2.47. The van der Waals surface area contributed by atoms with Crippen molar-refractivity contribution in [2.24, 2.45) is 0 Å². The standard InChI is InChI=1S/C18H16F2N2O6S2/c19-13-3-1-4-14(20)18(13)30(25,26)22-9-7-21(8-10-22)29(23,24)16-6-2-5-15-17(16)28-12-11-27-15/h1-6,11-12H,7-10H2. The van der Waals surface area contributed by atoms with Gasteiger partial charge in [-0.15, -0.1) is 0 Å². The lowest BCUT2D eigenvalue weighted by atomic mass is 10.3. The topological polar surface area (TPSA) is 93.2 Å². The zero-order valence-electron chi connectivity index (χ0n) is 15.4. The SMILES string of the molecule is O=S(=O)(c1cccc2c1OC=CO2)N1CCN(S(=O)(=O)c2c(F)cccc2F)CC1. The van der Waals surface area contributed by atoms with Gasteiger partial charge in [-0.1, -0.05) is 12.1 Å². The van der Waals surface area contributed by atoms with E-state index in [2.05, 4.69) is 0 Å². The van der Waals surface area contributed by atoms with Gasteiger partial charge in [0.1, 0.15) is 29.1 Å². The summed E-state index contributed by atoms with van der Waals surface area (Å²) in [7, 11) is -8.49. The highest BCUT2D eigenvalue weighted by molar-refractivity contribution is 7.89. The first-order valence-electron chi connectivity index (χ1n) is 8.78. The fourth-order valence-corrected chi connectivity index (χ4v) is 6.34. The van der Waals surface area contributed by atoms with Crippen LogP contribution in [0.4, 0.5) is 8.78 Å². The summed E-state index contributed by atoms with van der Waals surface area (Å²) in [5.41, 5.74) is 0. The second-order valence-corrected chi connectivity index (χ2v) is 10.2. The van der Waals surface area contributed by atoms with Gasteiger partial charge in [0.05, 0.1) is 0 Å². The average molecular weight is 458 g/mol. The molecule has 0 bridgehead atoms. The Morgan fingerprint density at radius 2 is 1.27 bits per heavy atom. The van der Waals surface area contributed by atoms with Crippen molar-refractivity contribution in [3.63, 3.8) is 0 Å². The summed E-state index contributed by atoms with van der Waals surface area (Å²) >= 11 is 0. The van der Waals surface area contributed by atoms with Crippen LogP contribution in [0.15, 0.2) is 58.7 Å². The van der Waals surface area contributed by atoms with Gasteiger partial charge in [-0.3, -0.25) is 0 Å². The highest BCUT2D eigenvalue weighted by Gasteiger charge is 2.37. The van der Waals surface area contributed by atoms with Crippen molar-refractivity contribution >= 4 is 20.0 Å². The van der Waals surface area contributed by atoms with E-state index in [1.807, 2.05) is 0 Å². The number of para-hydroxylation sites is 1. The number of nitrogens with zero attached hydrogens (tertiary/aromatic N) is 2. The Bertz CT molecular complexity index is 1200. The Hall–Kier alpha value is -2.54. The van der Waals surface area contributed by atoms with Crippen LogP contribution >= 0.6 is 0 Å². The van der Waals surface area contributed by atoms with Crippen LogP contribution in [-0.2, 0) is 20.0 Å². The van der Waals surface area contributed by atoms with Crippen LogP contribution < -0.4 is 9.47 Å². The number of benzene rings is 2. The molecular weight excluding hydrogens is 442 g/mol. The fraction of sp³-hybridized carbons (Fsp3) is 0.222. The number of sulfonamides is 2. The maximum atomic E-state index is 14.0. The number of piperazine rings is 1. The third kappa shape index (κ3) is 3.45. The minimum Gasteiger partial charge on any atom is -0.458 e. The first-order chi connectivity index (χ1) is 14.2. The molecule has 0 aliphatic carbocycles. The van der Waals surface area contributed by atoms with Crippen LogP contribution in [0.1, 0.15) is 0 Å². The lowest BCUT2D eigenvalue weighted by Crippen LogP contribution is -2.50. The van der Waals surface area contributed by atoms with E-state index in [1.54, 1.807) is 6.07 Å². The summed E-state index contributed by atoms with van der Waals surface area (Å²) in [5.74, 6) is -2.14. The number of halogens is 2. The van der Waals surface area contributed by atoms with Gasteiger partial charge in [-0.25, -0.2) is 25.6 Å². The van der Waals surface area contributed by atoms with Crippen LogP contribution in [0.2, 0.25) is 0 Å². The molecule has 0 atom stereocenters. The molecule has 1 saturated heterocycles. The Labute approximate surface area is 172 Å². The van der Waals surface area contributed by atoms with Crippen molar-refractivity contribution in [3.8, 4) is 11.5 Å². The number of hydrogen-bond donors (Lipinski definition) is 0. The predicted molar refractivity (Wildman–Crippen MR) is 101 cm³/mol. The van der Waals surface area contributed by atoms with E-state index in [-0.39, 0.29) is 42.6 Å². The molecule has 8 nitrogen and oxygen atoms in total. The summed E-state index contributed by atoms with van der Waals surface area (Å²) in [6, 6.07) is 7.17. The predicted octanol–water partition coefficient (Wildman–Crippen LogP) is 1.90. The molecule has 30 heavy (non-hydrogen) atoms. The van der Waals surface area contributed by atoms with E-state index in [9.17, 15) is 25.6 Å². The van der Waals surface area contributed by atoms with Gasteiger partial charge in [0.15, 0.2) is 16.4 Å². The van der Waals surface area contributed by atoms with Crippen molar-refractivity contribution in [1.29, 1.82) is 0 Å². The fourth-order valence-electron chi connectivity index (χ4n) is 3.25. The highest BCUT2D eigenvalue weighted by atomic mass is 32.2. The number of hydrogen-bond acceptors (Lipinski definition) is 6. The second kappa shape index (κ2) is 7.61. The van der Waals surface area contributed by atoms with Gasteiger partial charge in [-0.2, -0.15) is 8.61 Å². The minimum absolute atomic E-state index is 0.0310. The molecule has 0 saturated carbocycles. The van der Waals surface area contributed by atoms with Crippen molar-refractivity contribution in [2.75, 3.05) is 26.2 Å². The summed E-state index contributed by atoms with van der Waals surface area (Å²) in [5, 5.41) is 0. The molecule has 4 rings (SSSR count). The molecule has 0 amide bonds. The van der Waals surface area contributed by atoms with Crippen molar-refractivity contribution in [1.82, 2.24) is 8.61 Å². The first-order valence-corrected chi connectivity index (χ1v) is 11.7. The minimum atomic E-state index is -4.46. The smallest absolute Gasteiger partial charge is 0.249 e. The van der Waals surface area contributed by atoms with Gasteiger partial charge in [0.25, 0.3) is 0 Å². The first kappa shape index (κ1) is 20.7. The molecule has 0 aromatic heterocycles. The van der Waals surface area contributed by atoms with Crippen LogP contribution in [0.3, 0.4) is 0 Å². The average Bonchev–Trinajstić information content (AvgIpc) is 2.73. The Kier molecular flexibility index (Phi) is 5.26. The molecular formula is C18H16F2N2O6S2. The molecule has 2 aromatic carbocycles. The maximum Gasteiger partial charge on any atom is 0.249 e. The summed E-state index contributed by atoms with van der Waals surface area (Å²) in [6.45, 7) is -0.917. The van der Waals surface area contributed by atoms with Gasteiger partial charge >= 0.3 is 0 Å². The van der Waals surface area contributed by atoms with Crippen LogP contribution in [0.25, 0.3) is 0 Å². The molecule has 2 aliphatic rings. The molecule has 12 heteroatoms. The number of ether oxygens (including phenoxy) is 2. The molecule has 0 radical (unpaired) electrons. The van der Waals surface area contributed by atoms with Crippen LogP contribution in [-0.4, -0.2) is 51.6 Å². The molecule has 0 unspecified atom stereocenters. The normalized spacial score (nSPS) is 17.8. The maximum absolute atomic E-state index is 14.0. The molecule has 2 aromatic rings. The second-order valence-electron chi connectivity index (χ2n) is 6.45. The number of fused-ring (bicyclic) bond motifs is 1. The summed E-state index contributed by atoms with van der Waals surface area (Å²) in [4.78, 5) is -1.17. The Morgan fingerprint density at radius 3 is 1.90 bits per heavy atom. The lowest BCUT2D eigenvalue weighted by Gasteiger charge is -2.33. The molecule has 160 valence electrons. The van der Waals surface area contributed by atoms with E-state index < -0.39 is 36.6 Å². The van der Waals surface area contributed by atoms with Gasteiger partial charge in [0, 0.05) is 26.2 Å². The third-order valence-electron chi connectivity index (χ3n) is 4.71. The van der Waals surface area contributed by atoms with E-state index in [0.29, 0.717) is 0 Å². The Balaban J connectivity index is 1.57. The zero-order valence-corrected chi connectivity index (χ0v) is 17.0. The van der Waals surface area contributed by atoms with Crippen molar-refractivity contribution < 1.29 is 35.1 Å². The zero-order chi connectivity index (χ0) is 21.5. The van der Waals surface area contributed by atoms with Crippen molar-refractivity contribution in [3.05, 3.63) is 60.6 Å². The quantitative estimate of drug-likeness (QED) is 0.695. The van der Waals surface area contributed by atoms with E-state index in [1.165, 1.54) is 24.7 Å². The van der Waals surface area contributed by atoms with Gasteiger partial charge in [-0.05, 0) is 24.3 Å². The van der Waals surface area contributed by atoms with E-state index in [0.717, 1.165) is 26.8 Å². The molecule has 0 spiro atoms. The van der Waals surface area contributed by atoms with Gasteiger partial charge < -0.3 is 9.47 Å². The van der Waals surface area contributed by atoms with Crippen molar-refractivity contribution in [2.45, 2.75) is 9.79 Å². The van der Waals surface area contributed by atoms with E-state index in [4.69, 9.17) is 9.47 Å². The molecule has 0 N–H and O–H groups in total. The van der Waals surface area contributed by atoms with E-state index >= 15 is 0 Å². The monoisotopic (exact) mass is 458 g/mol. The highest BCUT2D eigenvalue weighted by Crippen LogP contribution is 2.38. The van der Waals surface area contributed by atoms with Crippen LogP contribution in [0.5, 0.6) is 11.5 Å². The lowest BCUT2D eigenvalue weighted by molar-refractivity contribution is 0.270. The van der Waals surface area contributed by atoms with Gasteiger partial charge in [0.2, 0.25) is 20.0 Å². The van der Waals surface area contributed by atoms with Crippen LogP contribution in [0, 0.1) is 11.6 Å². The molecule has 1 fully saturated rings. The molecule has 2 heterocycles. The Morgan fingerprint density at radius 1 is 0.733 bits per heavy atom. The summed E-state index contributed by atoms with van der Waals surface area (Å²) < 4.78 is 91.9. The number of rotatable bonds is 4.